The second-order valence-electron chi connectivity index (χ2n) is 11.4. The first-order valence-corrected chi connectivity index (χ1v) is 12.6. The topological polar surface area (TPSA) is 61.4 Å². The quantitative estimate of drug-likeness (QED) is 0.521. The number of hydrogen-bond acceptors (Lipinski definition) is 4. The van der Waals surface area contributed by atoms with Crippen molar-refractivity contribution in [2.24, 2.45) is 10.8 Å². The molecule has 0 saturated heterocycles. The summed E-state index contributed by atoms with van der Waals surface area (Å²) >= 11 is 1.96. The Morgan fingerprint density at radius 1 is 1.25 bits per heavy atom. The van der Waals surface area contributed by atoms with Gasteiger partial charge in [-0.2, -0.15) is 0 Å². The maximum Gasteiger partial charge on any atom is 0.217 e. The molecule has 0 bridgehead atoms. The molecule has 1 aliphatic rings. The number of benzene rings is 1. The molecular formula is C27H40N2O2S. The molecule has 2 aromatic rings. The highest BCUT2D eigenvalue weighted by Gasteiger charge is 2.34. The van der Waals surface area contributed by atoms with Gasteiger partial charge in [-0.05, 0) is 53.7 Å². The lowest BCUT2D eigenvalue weighted by Crippen LogP contribution is -2.49. The van der Waals surface area contributed by atoms with Crippen LogP contribution in [0.25, 0.3) is 0 Å². The third kappa shape index (κ3) is 7.16. The molecule has 0 fully saturated rings. The number of nitrogens with one attached hydrogen (secondary N) is 2. The zero-order valence-electron chi connectivity index (χ0n) is 20.5. The van der Waals surface area contributed by atoms with Crippen LogP contribution in [0.15, 0.2) is 36.4 Å². The third-order valence-electron chi connectivity index (χ3n) is 6.09. The third-order valence-corrected chi connectivity index (χ3v) is 7.24. The van der Waals surface area contributed by atoms with E-state index in [4.69, 9.17) is 0 Å². The van der Waals surface area contributed by atoms with E-state index in [-0.39, 0.29) is 28.8 Å². The van der Waals surface area contributed by atoms with Gasteiger partial charge in [-0.25, -0.2) is 0 Å². The molecule has 0 radical (unpaired) electrons. The zero-order chi connectivity index (χ0) is 23.5. The Labute approximate surface area is 197 Å². The van der Waals surface area contributed by atoms with E-state index >= 15 is 0 Å². The van der Waals surface area contributed by atoms with Crippen LogP contribution in [0.4, 0.5) is 0 Å². The Kier molecular flexibility index (Phi) is 7.85. The van der Waals surface area contributed by atoms with Crippen molar-refractivity contribution in [1.29, 1.82) is 0 Å². The van der Waals surface area contributed by atoms with Crippen molar-refractivity contribution in [3.8, 4) is 0 Å². The molecule has 3 rings (SSSR count). The van der Waals surface area contributed by atoms with Crippen molar-refractivity contribution in [1.82, 2.24) is 10.6 Å². The molecule has 0 spiro atoms. The number of carbonyl (C=O) groups excluding carboxylic acids is 1. The normalized spacial score (nSPS) is 19.8. The van der Waals surface area contributed by atoms with E-state index in [1.54, 1.807) is 0 Å². The molecule has 176 valence electrons. The van der Waals surface area contributed by atoms with Crippen molar-refractivity contribution in [2.75, 3.05) is 6.54 Å². The lowest BCUT2D eigenvalue weighted by molar-refractivity contribution is -0.120. The van der Waals surface area contributed by atoms with Crippen LogP contribution in [0.3, 0.4) is 0 Å². The van der Waals surface area contributed by atoms with E-state index in [9.17, 15) is 9.90 Å². The summed E-state index contributed by atoms with van der Waals surface area (Å²) in [4.78, 5) is 14.7. The molecule has 0 saturated carbocycles. The Morgan fingerprint density at radius 3 is 2.56 bits per heavy atom. The minimum absolute atomic E-state index is 0.115. The van der Waals surface area contributed by atoms with E-state index in [1.165, 1.54) is 22.2 Å². The largest absolute Gasteiger partial charge is 0.390 e. The molecule has 3 atom stereocenters. The van der Waals surface area contributed by atoms with Gasteiger partial charge in [0.05, 0.1) is 12.1 Å². The van der Waals surface area contributed by atoms with E-state index < -0.39 is 6.10 Å². The minimum Gasteiger partial charge on any atom is -0.390 e. The average molecular weight is 457 g/mol. The summed E-state index contributed by atoms with van der Waals surface area (Å²) in [6.45, 7) is 13.5. The van der Waals surface area contributed by atoms with Gasteiger partial charge in [0.1, 0.15) is 0 Å². The number of aliphatic hydroxyl groups excluding tert-OH is 1. The van der Waals surface area contributed by atoms with E-state index in [0.29, 0.717) is 13.0 Å². The van der Waals surface area contributed by atoms with Gasteiger partial charge in [0, 0.05) is 29.3 Å². The highest BCUT2D eigenvalue weighted by Crippen LogP contribution is 2.45. The fourth-order valence-corrected chi connectivity index (χ4v) is 6.50. The summed E-state index contributed by atoms with van der Waals surface area (Å²) < 4.78 is 0. The first kappa shape index (κ1) is 24.9. The lowest BCUT2D eigenvalue weighted by atomic mass is 9.75. The van der Waals surface area contributed by atoms with Crippen molar-refractivity contribution in [3.63, 3.8) is 0 Å². The van der Waals surface area contributed by atoms with Crippen molar-refractivity contribution < 1.29 is 9.90 Å². The summed E-state index contributed by atoms with van der Waals surface area (Å²) in [5.74, 6) is -0.115. The van der Waals surface area contributed by atoms with Gasteiger partial charge in [-0.15, -0.1) is 11.3 Å². The summed E-state index contributed by atoms with van der Waals surface area (Å²) in [5, 5.41) is 17.6. The molecule has 4 nitrogen and oxygen atoms in total. The minimum atomic E-state index is -0.666. The van der Waals surface area contributed by atoms with Crippen LogP contribution in [0.5, 0.6) is 0 Å². The number of hydrogen-bond donors (Lipinski definition) is 3. The molecule has 1 aromatic heterocycles. The van der Waals surface area contributed by atoms with Crippen molar-refractivity contribution in [3.05, 3.63) is 57.3 Å². The zero-order valence-corrected chi connectivity index (χ0v) is 21.3. The smallest absolute Gasteiger partial charge is 0.217 e. The number of fused-ring (bicyclic) bond motifs is 1. The summed E-state index contributed by atoms with van der Waals surface area (Å²) in [6, 6.07) is 12.3. The summed E-state index contributed by atoms with van der Waals surface area (Å²) in [6.07, 6.45) is 3.18. The van der Waals surface area contributed by atoms with Crippen LogP contribution in [-0.2, 0) is 24.1 Å². The highest BCUT2D eigenvalue weighted by molar-refractivity contribution is 7.12. The molecule has 1 amide bonds. The van der Waals surface area contributed by atoms with E-state index in [2.05, 4.69) is 51.3 Å². The molecular weight excluding hydrogens is 416 g/mol. The Bertz CT molecular complexity index is 898. The Hall–Kier alpha value is -1.69. The van der Waals surface area contributed by atoms with Gasteiger partial charge < -0.3 is 15.7 Å². The summed E-state index contributed by atoms with van der Waals surface area (Å²) in [5.41, 5.74) is 3.00. The maximum absolute atomic E-state index is 11.8. The molecule has 32 heavy (non-hydrogen) atoms. The fraction of sp³-hybridized carbons (Fsp3) is 0.593. The number of carbonyl (C=O) groups is 1. The van der Waals surface area contributed by atoms with Gasteiger partial charge in [0.15, 0.2) is 0 Å². The standard InChI is InChI=1S/C27H40N2O2S/c1-18(30)29-22(12-19-10-8-7-9-11-19)24(31)17-28-23-15-27(5,6)16-25-21(23)13-20(32-25)14-26(2,3)4/h7-11,13,22-24,28,31H,12,14-17H2,1-6H3,(H,29,30)/t22-,23-,24-/m0/s1. The fourth-order valence-electron chi connectivity index (χ4n) is 4.71. The predicted molar refractivity (Wildman–Crippen MR) is 134 cm³/mol. The Morgan fingerprint density at radius 2 is 1.94 bits per heavy atom. The number of rotatable bonds is 8. The predicted octanol–water partition coefficient (Wildman–Crippen LogP) is 5.05. The first-order chi connectivity index (χ1) is 14.9. The van der Waals surface area contributed by atoms with Crippen LogP contribution in [0.2, 0.25) is 0 Å². The second kappa shape index (κ2) is 10.1. The SMILES string of the molecule is CC(=O)N[C@@H](Cc1ccccc1)[C@@H](O)CN[C@H]1CC(C)(C)Cc2sc(CC(C)(C)C)cc21. The Balaban J connectivity index is 1.72. The molecule has 0 unspecified atom stereocenters. The van der Waals surface area contributed by atoms with Crippen molar-refractivity contribution >= 4 is 17.2 Å². The first-order valence-electron chi connectivity index (χ1n) is 11.8. The van der Waals surface area contributed by atoms with Crippen LogP contribution in [-0.4, -0.2) is 29.7 Å². The number of thiophene rings is 1. The van der Waals surface area contributed by atoms with Gasteiger partial charge in [-0.3, -0.25) is 4.79 Å². The van der Waals surface area contributed by atoms with Crippen molar-refractivity contribution in [2.45, 2.75) is 85.4 Å². The number of amides is 1. The molecule has 5 heteroatoms. The van der Waals surface area contributed by atoms with E-state index in [0.717, 1.165) is 24.8 Å². The van der Waals surface area contributed by atoms with Gasteiger partial charge in [0.2, 0.25) is 5.91 Å². The monoisotopic (exact) mass is 456 g/mol. The summed E-state index contributed by atoms with van der Waals surface area (Å²) in [7, 11) is 0. The van der Waals surface area contributed by atoms with E-state index in [1.807, 2.05) is 41.7 Å². The molecule has 1 aliphatic carbocycles. The highest BCUT2D eigenvalue weighted by atomic mass is 32.1. The van der Waals surface area contributed by atoms with Crippen LogP contribution >= 0.6 is 11.3 Å². The maximum atomic E-state index is 11.8. The molecule has 1 aromatic carbocycles. The van der Waals surface area contributed by atoms with Crippen LogP contribution in [0, 0.1) is 10.8 Å². The number of aliphatic hydroxyl groups is 1. The van der Waals surface area contributed by atoms with Crippen LogP contribution in [0.1, 0.15) is 74.9 Å². The lowest BCUT2D eigenvalue weighted by Gasteiger charge is -2.36. The van der Waals surface area contributed by atoms with Crippen LogP contribution < -0.4 is 10.6 Å². The van der Waals surface area contributed by atoms with Gasteiger partial charge in [-0.1, -0.05) is 65.0 Å². The van der Waals surface area contributed by atoms with Gasteiger partial charge in [0.25, 0.3) is 0 Å². The van der Waals surface area contributed by atoms with Gasteiger partial charge >= 0.3 is 0 Å². The molecule has 1 heterocycles. The molecule has 0 aliphatic heterocycles. The average Bonchev–Trinajstić information content (AvgIpc) is 3.04. The molecule has 3 N–H and O–H groups in total. The second-order valence-corrected chi connectivity index (χ2v) is 12.6.